The van der Waals surface area contributed by atoms with E-state index < -0.39 is 0 Å². The van der Waals surface area contributed by atoms with E-state index in [0.717, 1.165) is 44.7 Å². The predicted octanol–water partition coefficient (Wildman–Crippen LogP) is 1.11. The molecule has 2 amide bonds. The van der Waals surface area contributed by atoms with Crippen molar-refractivity contribution in [3.8, 4) is 6.07 Å². The van der Waals surface area contributed by atoms with E-state index in [1.54, 1.807) is 29.1 Å². The van der Waals surface area contributed by atoms with Crippen LogP contribution in [0.15, 0.2) is 30.1 Å². The lowest BCUT2D eigenvalue weighted by Crippen LogP contribution is -2.32. The number of imide groups is 1. The second-order valence-electron chi connectivity index (χ2n) is 9.17. The molecule has 5 heterocycles. The zero-order chi connectivity index (χ0) is 24.6. The second-order valence-corrected chi connectivity index (χ2v) is 9.17. The van der Waals surface area contributed by atoms with Crippen LogP contribution in [0.5, 0.6) is 0 Å². The molecule has 182 valence electrons. The third kappa shape index (κ3) is 4.31. The number of nitrogens with zero attached hydrogens (tertiary/aromatic N) is 8. The third-order valence-electron chi connectivity index (χ3n) is 6.50. The Morgan fingerprint density at radius 3 is 2.64 bits per heavy atom. The van der Waals surface area contributed by atoms with Gasteiger partial charge in [0, 0.05) is 49.6 Å². The average molecular weight is 485 g/mol. The van der Waals surface area contributed by atoms with Crippen LogP contribution in [0.3, 0.4) is 0 Å². The molecule has 3 aromatic heterocycles. The number of anilines is 3. The summed E-state index contributed by atoms with van der Waals surface area (Å²) in [6, 6.07) is 6.13. The SMILES string of the molecule is N#Cc1ccc(N2CCCN(c3nc(NC4CC4)n4ncc(/C=C5\CC(=O)NC5=O)c4n3)CC2)nc1. The van der Waals surface area contributed by atoms with Gasteiger partial charge >= 0.3 is 0 Å². The first-order valence-electron chi connectivity index (χ1n) is 12.0. The molecular weight excluding hydrogens is 460 g/mol. The normalized spacial score (nSPS) is 19.5. The fourth-order valence-electron chi connectivity index (χ4n) is 4.42. The number of amides is 2. The standard InChI is InChI=1S/C24H24N10O2/c25-12-15-2-5-19(26-13-15)32-6-1-7-33(9-8-32)23-30-21-17(10-16-11-20(35)29-22(16)36)14-27-34(21)24(31-23)28-18-3-4-18/h2,5,10,13-14,18H,1,3-4,6-9,11H2,(H,28,30,31)(H,29,35,36)/b16-10+. The Morgan fingerprint density at radius 2 is 1.92 bits per heavy atom. The quantitative estimate of drug-likeness (QED) is 0.399. The van der Waals surface area contributed by atoms with E-state index in [1.165, 1.54) is 0 Å². The number of hydrogen-bond donors (Lipinski definition) is 2. The number of aromatic nitrogens is 5. The minimum Gasteiger partial charge on any atom is -0.355 e. The Hall–Kier alpha value is -4.53. The van der Waals surface area contributed by atoms with Crippen LogP contribution in [0.4, 0.5) is 17.7 Å². The van der Waals surface area contributed by atoms with Gasteiger partial charge in [-0.15, -0.1) is 0 Å². The highest BCUT2D eigenvalue weighted by Crippen LogP contribution is 2.27. The molecule has 3 aliphatic rings. The number of rotatable bonds is 5. The number of fused-ring (bicyclic) bond motifs is 1. The van der Waals surface area contributed by atoms with Crippen LogP contribution in [0.25, 0.3) is 11.7 Å². The average Bonchev–Trinajstić information content (AvgIpc) is 3.59. The maximum absolute atomic E-state index is 12.1. The van der Waals surface area contributed by atoms with Crippen molar-refractivity contribution in [3.05, 3.63) is 41.2 Å². The van der Waals surface area contributed by atoms with Crippen LogP contribution in [-0.2, 0) is 9.59 Å². The molecule has 0 spiro atoms. The lowest BCUT2D eigenvalue weighted by Gasteiger charge is -2.23. The predicted molar refractivity (Wildman–Crippen MR) is 131 cm³/mol. The Morgan fingerprint density at radius 1 is 1.08 bits per heavy atom. The van der Waals surface area contributed by atoms with Gasteiger partial charge < -0.3 is 15.1 Å². The molecule has 3 aromatic rings. The summed E-state index contributed by atoms with van der Waals surface area (Å²) in [5.41, 5.74) is 2.18. The fourth-order valence-corrected chi connectivity index (χ4v) is 4.42. The van der Waals surface area contributed by atoms with E-state index in [4.69, 9.17) is 15.2 Å². The summed E-state index contributed by atoms with van der Waals surface area (Å²) in [6.07, 6.45) is 8.02. The van der Waals surface area contributed by atoms with Gasteiger partial charge in [-0.05, 0) is 37.5 Å². The highest BCUT2D eigenvalue weighted by atomic mass is 16.2. The van der Waals surface area contributed by atoms with Crippen LogP contribution in [0.1, 0.15) is 36.8 Å². The van der Waals surface area contributed by atoms with E-state index in [-0.39, 0.29) is 18.2 Å². The molecule has 0 aromatic carbocycles. The van der Waals surface area contributed by atoms with Crippen molar-refractivity contribution in [2.75, 3.05) is 41.3 Å². The second kappa shape index (κ2) is 8.92. The molecule has 2 saturated heterocycles. The Labute approximate surface area is 206 Å². The molecule has 0 atom stereocenters. The van der Waals surface area contributed by atoms with Gasteiger partial charge in [0.25, 0.3) is 5.91 Å². The highest BCUT2D eigenvalue weighted by molar-refractivity contribution is 6.15. The Balaban J connectivity index is 1.30. The van der Waals surface area contributed by atoms with E-state index >= 15 is 0 Å². The van der Waals surface area contributed by atoms with Crippen LogP contribution < -0.4 is 20.4 Å². The molecule has 12 nitrogen and oxygen atoms in total. The fraction of sp³-hybridized carbons (Fsp3) is 0.375. The van der Waals surface area contributed by atoms with Gasteiger partial charge in [0.05, 0.1) is 18.2 Å². The first-order valence-corrected chi connectivity index (χ1v) is 12.0. The van der Waals surface area contributed by atoms with Crippen LogP contribution >= 0.6 is 0 Å². The first kappa shape index (κ1) is 22.0. The van der Waals surface area contributed by atoms with Gasteiger partial charge in [0.2, 0.25) is 17.8 Å². The molecule has 12 heteroatoms. The first-order chi connectivity index (χ1) is 17.6. The molecule has 0 unspecified atom stereocenters. The minimum absolute atomic E-state index is 0.0483. The van der Waals surface area contributed by atoms with Crippen molar-refractivity contribution in [1.82, 2.24) is 29.9 Å². The highest BCUT2D eigenvalue weighted by Gasteiger charge is 2.27. The molecule has 6 rings (SSSR count). The summed E-state index contributed by atoms with van der Waals surface area (Å²) in [6.45, 7) is 3.03. The summed E-state index contributed by atoms with van der Waals surface area (Å²) in [4.78, 5) is 42.2. The molecule has 0 radical (unpaired) electrons. The van der Waals surface area contributed by atoms with Crippen LogP contribution in [0, 0.1) is 11.3 Å². The van der Waals surface area contributed by atoms with Gasteiger partial charge in [0.15, 0.2) is 5.65 Å². The molecule has 1 saturated carbocycles. The van der Waals surface area contributed by atoms with E-state index in [0.29, 0.717) is 46.8 Å². The molecular formula is C24H24N10O2. The maximum Gasteiger partial charge on any atom is 0.254 e. The molecule has 2 N–H and O–H groups in total. The summed E-state index contributed by atoms with van der Waals surface area (Å²) in [5, 5.41) is 19.3. The van der Waals surface area contributed by atoms with Crippen LogP contribution in [-0.4, -0.2) is 68.6 Å². The summed E-state index contributed by atoms with van der Waals surface area (Å²) in [5.74, 6) is 1.36. The lowest BCUT2D eigenvalue weighted by molar-refractivity contribution is -0.124. The number of hydrogen-bond acceptors (Lipinski definition) is 10. The summed E-state index contributed by atoms with van der Waals surface area (Å²) < 4.78 is 1.66. The monoisotopic (exact) mass is 484 g/mol. The van der Waals surface area contributed by atoms with Gasteiger partial charge in [0.1, 0.15) is 11.9 Å². The van der Waals surface area contributed by atoms with Gasteiger partial charge in [-0.2, -0.15) is 24.8 Å². The number of nitrogens with one attached hydrogen (secondary N) is 2. The molecule has 0 bridgehead atoms. The van der Waals surface area contributed by atoms with Crippen molar-refractivity contribution < 1.29 is 9.59 Å². The summed E-state index contributed by atoms with van der Waals surface area (Å²) >= 11 is 0. The van der Waals surface area contributed by atoms with Crippen LogP contribution in [0.2, 0.25) is 0 Å². The van der Waals surface area contributed by atoms with E-state index in [2.05, 4.69) is 36.6 Å². The zero-order valence-electron chi connectivity index (χ0n) is 19.5. The zero-order valence-corrected chi connectivity index (χ0v) is 19.5. The number of carbonyl (C=O) groups is 2. The molecule has 2 aliphatic heterocycles. The number of nitriles is 1. The third-order valence-corrected chi connectivity index (χ3v) is 6.50. The van der Waals surface area contributed by atoms with E-state index in [9.17, 15) is 9.59 Å². The number of pyridine rings is 1. The van der Waals surface area contributed by atoms with Gasteiger partial charge in [-0.1, -0.05) is 0 Å². The van der Waals surface area contributed by atoms with Gasteiger partial charge in [-0.25, -0.2) is 4.98 Å². The summed E-state index contributed by atoms with van der Waals surface area (Å²) in [7, 11) is 0. The minimum atomic E-state index is -0.381. The van der Waals surface area contributed by atoms with Crippen molar-refractivity contribution in [1.29, 1.82) is 5.26 Å². The van der Waals surface area contributed by atoms with Crippen molar-refractivity contribution >= 4 is 41.3 Å². The maximum atomic E-state index is 12.1. The largest absolute Gasteiger partial charge is 0.355 e. The van der Waals surface area contributed by atoms with Gasteiger partial charge in [-0.3, -0.25) is 14.9 Å². The Bertz CT molecular complexity index is 1420. The van der Waals surface area contributed by atoms with Crippen molar-refractivity contribution in [2.24, 2.45) is 0 Å². The smallest absolute Gasteiger partial charge is 0.254 e. The Kier molecular flexibility index (Phi) is 5.44. The molecule has 3 fully saturated rings. The van der Waals surface area contributed by atoms with Crippen molar-refractivity contribution in [2.45, 2.75) is 31.7 Å². The van der Waals surface area contributed by atoms with E-state index in [1.807, 2.05) is 6.07 Å². The molecule has 36 heavy (non-hydrogen) atoms. The lowest BCUT2D eigenvalue weighted by atomic mass is 10.1. The molecule has 1 aliphatic carbocycles. The number of carbonyl (C=O) groups excluding carboxylic acids is 2. The van der Waals surface area contributed by atoms with Crippen molar-refractivity contribution in [3.63, 3.8) is 0 Å². The topological polar surface area (TPSA) is 144 Å².